The minimum absolute atomic E-state index is 0.0211. The second kappa shape index (κ2) is 11.8. The second-order valence-electron chi connectivity index (χ2n) is 6.10. The third-order valence-corrected chi connectivity index (χ3v) is 4.20. The summed E-state index contributed by atoms with van der Waals surface area (Å²) in [5, 5.41) is 18.1. The molecule has 1 rings (SSSR count). The fourth-order valence-electron chi connectivity index (χ4n) is 2.59. The Bertz CT molecular complexity index is 341. The largest absolute Gasteiger partial charge is 0.396 e. The Morgan fingerprint density at radius 2 is 1.29 bits per heavy atom. The number of unbranched alkanes of at least 4 members (excludes halogenated alkanes) is 5. The average Bonchev–Trinajstić information content (AvgIpc) is 2.53. The number of aryl methyl sites for hydroxylation is 2. The summed E-state index contributed by atoms with van der Waals surface area (Å²) in [4.78, 5) is 0. The quantitative estimate of drug-likeness (QED) is 0.569. The molecule has 120 valence electrons. The topological polar surface area (TPSA) is 40.5 Å². The highest BCUT2D eigenvalue weighted by molar-refractivity contribution is 5.22. The molecule has 0 atom stereocenters. The van der Waals surface area contributed by atoms with Crippen molar-refractivity contribution < 1.29 is 10.2 Å². The molecule has 0 spiro atoms. The predicted octanol–water partition coefficient (Wildman–Crippen LogP) is 4.12. The lowest BCUT2D eigenvalue weighted by atomic mass is 9.99. The van der Waals surface area contributed by atoms with Gasteiger partial charge in [0, 0.05) is 19.1 Å². The molecule has 1 aromatic rings. The molecule has 2 heteroatoms. The van der Waals surface area contributed by atoms with Gasteiger partial charge in [-0.2, -0.15) is 0 Å². The van der Waals surface area contributed by atoms with E-state index in [0.29, 0.717) is 0 Å². The smallest absolute Gasteiger partial charge is 0.0481 e. The zero-order valence-electron chi connectivity index (χ0n) is 13.6. The average molecular weight is 292 g/mol. The summed E-state index contributed by atoms with van der Waals surface area (Å²) in [7, 11) is 0. The molecule has 2 N–H and O–H groups in total. The van der Waals surface area contributed by atoms with Gasteiger partial charge in [-0.05, 0) is 36.8 Å². The molecule has 0 aliphatic carbocycles. The van der Waals surface area contributed by atoms with Crippen LogP contribution < -0.4 is 0 Å². The molecule has 0 aromatic heterocycles. The molecular weight excluding hydrogens is 260 g/mol. The first-order valence-corrected chi connectivity index (χ1v) is 8.59. The van der Waals surface area contributed by atoms with Crippen molar-refractivity contribution in [2.45, 2.75) is 64.7 Å². The summed E-state index contributed by atoms with van der Waals surface area (Å²) < 4.78 is 0. The van der Waals surface area contributed by atoms with Gasteiger partial charge in [-0.1, -0.05) is 63.3 Å². The van der Waals surface area contributed by atoms with E-state index in [0.717, 1.165) is 12.8 Å². The molecule has 0 unspecified atom stereocenters. The molecule has 0 amide bonds. The number of hydrogen-bond donors (Lipinski definition) is 2. The van der Waals surface area contributed by atoms with Crippen LogP contribution in [0.2, 0.25) is 0 Å². The summed E-state index contributed by atoms with van der Waals surface area (Å²) >= 11 is 0. The minimum Gasteiger partial charge on any atom is -0.396 e. The van der Waals surface area contributed by atoms with Crippen LogP contribution >= 0.6 is 0 Å². The van der Waals surface area contributed by atoms with Gasteiger partial charge in [0.2, 0.25) is 0 Å². The number of aliphatic hydroxyl groups is 2. The van der Waals surface area contributed by atoms with Gasteiger partial charge in [-0.15, -0.1) is 0 Å². The van der Waals surface area contributed by atoms with Crippen molar-refractivity contribution in [3.8, 4) is 0 Å². The highest BCUT2D eigenvalue weighted by Crippen LogP contribution is 2.13. The monoisotopic (exact) mass is 292 g/mol. The first kappa shape index (κ1) is 18.2. The van der Waals surface area contributed by atoms with Gasteiger partial charge in [0.15, 0.2) is 0 Å². The van der Waals surface area contributed by atoms with Gasteiger partial charge >= 0.3 is 0 Å². The van der Waals surface area contributed by atoms with E-state index in [1.54, 1.807) is 0 Å². The third kappa shape index (κ3) is 8.23. The van der Waals surface area contributed by atoms with Gasteiger partial charge in [0.25, 0.3) is 0 Å². The summed E-state index contributed by atoms with van der Waals surface area (Å²) in [6.07, 6.45) is 11.0. The maximum absolute atomic E-state index is 9.06. The van der Waals surface area contributed by atoms with E-state index in [-0.39, 0.29) is 19.1 Å². The zero-order chi connectivity index (χ0) is 15.3. The Balaban J connectivity index is 2.21. The molecule has 0 heterocycles. The molecule has 21 heavy (non-hydrogen) atoms. The van der Waals surface area contributed by atoms with E-state index >= 15 is 0 Å². The Kier molecular flexibility index (Phi) is 10.2. The third-order valence-electron chi connectivity index (χ3n) is 4.20. The van der Waals surface area contributed by atoms with Crippen LogP contribution in [0, 0.1) is 5.92 Å². The lowest BCUT2D eigenvalue weighted by Gasteiger charge is -2.10. The lowest BCUT2D eigenvalue weighted by Crippen LogP contribution is -2.11. The molecule has 0 bridgehead atoms. The van der Waals surface area contributed by atoms with Crippen LogP contribution in [0.3, 0.4) is 0 Å². The standard InChI is InChI=1S/C19H32O2/c1-2-3-4-5-6-7-8-17-9-11-18(12-10-17)13-14-19(15-20)16-21/h9-12,19-21H,2-8,13-16H2,1H3. The van der Waals surface area contributed by atoms with Crippen molar-refractivity contribution in [1.29, 1.82) is 0 Å². The minimum atomic E-state index is 0.0211. The van der Waals surface area contributed by atoms with E-state index in [2.05, 4.69) is 31.2 Å². The molecule has 2 nitrogen and oxygen atoms in total. The van der Waals surface area contributed by atoms with Crippen molar-refractivity contribution in [2.75, 3.05) is 13.2 Å². The predicted molar refractivity (Wildman–Crippen MR) is 89.5 cm³/mol. The Hall–Kier alpha value is -0.860. The molecule has 0 aliphatic rings. The van der Waals surface area contributed by atoms with Crippen LogP contribution in [-0.4, -0.2) is 23.4 Å². The fourth-order valence-corrected chi connectivity index (χ4v) is 2.59. The van der Waals surface area contributed by atoms with Gasteiger partial charge < -0.3 is 10.2 Å². The molecule has 0 fully saturated rings. The van der Waals surface area contributed by atoms with Crippen LogP contribution in [0.5, 0.6) is 0 Å². The van der Waals surface area contributed by atoms with Crippen molar-refractivity contribution in [2.24, 2.45) is 5.92 Å². The number of benzene rings is 1. The molecular formula is C19H32O2. The van der Waals surface area contributed by atoms with Crippen molar-refractivity contribution in [3.63, 3.8) is 0 Å². The van der Waals surface area contributed by atoms with Crippen molar-refractivity contribution in [3.05, 3.63) is 35.4 Å². The first-order chi connectivity index (χ1) is 10.3. The molecule has 0 radical (unpaired) electrons. The number of hydrogen-bond acceptors (Lipinski definition) is 2. The number of rotatable bonds is 12. The molecule has 0 saturated carbocycles. The Labute approximate surface area is 130 Å². The first-order valence-electron chi connectivity index (χ1n) is 8.59. The summed E-state index contributed by atoms with van der Waals surface area (Å²) in [5.74, 6) is 0.0211. The van der Waals surface area contributed by atoms with E-state index in [4.69, 9.17) is 10.2 Å². The molecule has 0 saturated heterocycles. The van der Waals surface area contributed by atoms with Crippen LogP contribution in [0.1, 0.15) is 63.0 Å². The van der Waals surface area contributed by atoms with Gasteiger partial charge in [-0.3, -0.25) is 0 Å². The number of aliphatic hydroxyl groups excluding tert-OH is 2. The summed E-state index contributed by atoms with van der Waals surface area (Å²) in [6, 6.07) is 8.85. The van der Waals surface area contributed by atoms with E-state index in [1.807, 2.05) is 0 Å². The normalized spacial score (nSPS) is 11.2. The van der Waals surface area contributed by atoms with Crippen molar-refractivity contribution in [1.82, 2.24) is 0 Å². The van der Waals surface area contributed by atoms with Gasteiger partial charge in [0.1, 0.15) is 0 Å². The summed E-state index contributed by atoms with van der Waals surface area (Å²) in [5.41, 5.74) is 2.73. The fraction of sp³-hybridized carbons (Fsp3) is 0.684. The van der Waals surface area contributed by atoms with Crippen LogP contribution in [0.15, 0.2) is 24.3 Å². The maximum Gasteiger partial charge on any atom is 0.0481 e. The molecule has 1 aromatic carbocycles. The van der Waals surface area contributed by atoms with Gasteiger partial charge in [-0.25, -0.2) is 0 Å². The van der Waals surface area contributed by atoms with Crippen LogP contribution in [0.25, 0.3) is 0 Å². The SMILES string of the molecule is CCCCCCCCc1ccc(CCC(CO)CO)cc1. The van der Waals surface area contributed by atoms with Crippen LogP contribution in [0.4, 0.5) is 0 Å². The lowest BCUT2D eigenvalue weighted by molar-refractivity contribution is 0.144. The van der Waals surface area contributed by atoms with Crippen LogP contribution in [-0.2, 0) is 12.8 Å². The highest BCUT2D eigenvalue weighted by Gasteiger charge is 2.05. The van der Waals surface area contributed by atoms with E-state index < -0.39 is 0 Å². The Morgan fingerprint density at radius 3 is 1.86 bits per heavy atom. The van der Waals surface area contributed by atoms with E-state index in [9.17, 15) is 0 Å². The maximum atomic E-state index is 9.06. The Morgan fingerprint density at radius 1 is 0.762 bits per heavy atom. The second-order valence-corrected chi connectivity index (χ2v) is 6.10. The van der Waals surface area contributed by atoms with Crippen molar-refractivity contribution >= 4 is 0 Å². The summed E-state index contributed by atoms with van der Waals surface area (Å²) in [6.45, 7) is 2.41. The van der Waals surface area contributed by atoms with E-state index in [1.165, 1.54) is 56.1 Å². The highest BCUT2D eigenvalue weighted by atomic mass is 16.3. The zero-order valence-corrected chi connectivity index (χ0v) is 13.6. The van der Waals surface area contributed by atoms with Gasteiger partial charge in [0.05, 0.1) is 0 Å². The molecule has 0 aliphatic heterocycles.